The number of nitrogens with zero attached hydrogens (tertiary/aromatic N) is 3. The highest BCUT2D eigenvalue weighted by molar-refractivity contribution is 6.42. The number of hydrogen-bond donors (Lipinski definition) is 1. The fraction of sp³-hybridized carbons (Fsp3) is 0.400. The molecule has 86 valence electrons. The Morgan fingerprint density at radius 1 is 1.19 bits per heavy atom. The summed E-state index contributed by atoms with van der Waals surface area (Å²) in [6.45, 7) is 1.49. The van der Waals surface area contributed by atoms with Crippen molar-refractivity contribution in [2.75, 3.05) is 6.54 Å². The molecule has 2 aromatic rings. The van der Waals surface area contributed by atoms with Crippen LogP contribution in [0.1, 0.15) is 12.8 Å². The van der Waals surface area contributed by atoms with Gasteiger partial charge in [-0.05, 0) is 31.5 Å². The summed E-state index contributed by atoms with van der Waals surface area (Å²) in [4.78, 5) is 0. The standard InChI is InChI=1S/C10H12Cl2N4/c11-7-5-9-10(6-8(7)12)16(15-14-9)4-2-1-3-13/h5-6H,1-4,13H2. The van der Waals surface area contributed by atoms with Crippen molar-refractivity contribution in [2.24, 2.45) is 5.73 Å². The van der Waals surface area contributed by atoms with E-state index < -0.39 is 0 Å². The van der Waals surface area contributed by atoms with E-state index >= 15 is 0 Å². The first-order valence-corrected chi connectivity index (χ1v) is 5.86. The van der Waals surface area contributed by atoms with Crippen LogP contribution in [0, 0.1) is 0 Å². The molecular weight excluding hydrogens is 247 g/mol. The summed E-state index contributed by atoms with van der Waals surface area (Å²) in [5, 5.41) is 9.12. The van der Waals surface area contributed by atoms with Gasteiger partial charge in [0.15, 0.2) is 0 Å². The lowest BCUT2D eigenvalue weighted by molar-refractivity contribution is 0.558. The Hall–Kier alpha value is -0.840. The van der Waals surface area contributed by atoms with Crippen molar-refractivity contribution in [2.45, 2.75) is 19.4 Å². The highest BCUT2D eigenvalue weighted by atomic mass is 35.5. The van der Waals surface area contributed by atoms with Crippen molar-refractivity contribution >= 4 is 34.2 Å². The predicted octanol–water partition coefficient (Wildman–Crippen LogP) is 2.48. The molecule has 0 spiro atoms. The maximum Gasteiger partial charge on any atom is 0.114 e. The largest absolute Gasteiger partial charge is 0.330 e. The number of benzene rings is 1. The Balaban J connectivity index is 2.29. The van der Waals surface area contributed by atoms with E-state index in [1.165, 1.54) is 0 Å². The number of aryl methyl sites for hydroxylation is 1. The van der Waals surface area contributed by atoms with Gasteiger partial charge in [-0.1, -0.05) is 28.4 Å². The van der Waals surface area contributed by atoms with E-state index in [0.717, 1.165) is 30.4 Å². The smallest absolute Gasteiger partial charge is 0.114 e. The number of fused-ring (bicyclic) bond motifs is 1. The zero-order valence-electron chi connectivity index (χ0n) is 8.66. The average Bonchev–Trinajstić information content (AvgIpc) is 2.63. The van der Waals surface area contributed by atoms with Crippen molar-refractivity contribution in [3.8, 4) is 0 Å². The van der Waals surface area contributed by atoms with Gasteiger partial charge in [0.05, 0.1) is 15.6 Å². The number of unbranched alkanes of at least 4 members (excludes halogenated alkanes) is 1. The van der Waals surface area contributed by atoms with Crippen molar-refractivity contribution in [1.29, 1.82) is 0 Å². The maximum absolute atomic E-state index is 5.96. The number of halogens is 2. The van der Waals surface area contributed by atoms with Crippen LogP contribution in [0.25, 0.3) is 11.0 Å². The van der Waals surface area contributed by atoms with Gasteiger partial charge in [-0.15, -0.1) is 5.10 Å². The highest BCUT2D eigenvalue weighted by Gasteiger charge is 2.07. The maximum atomic E-state index is 5.96. The van der Waals surface area contributed by atoms with E-state index in [4.69, 9.17) is 28.9 Å². The number of nitrogens with two attached hydrogens (primary N) is 1. The van der Waals surface area contributed by atoms with Gasteiger partial charge in [0.25, 0.3) is 0 Å². The quantitative estimate of drug-likeness (QED) is 0.858. The second kappa shape index (κ2) is 4.99. The second-order valence-corrected chi connectivity index (χ2v) is 4.38. The molecule has 2 rings (SSSR count). The second-order valence-electron chi connectivity index (χ2n) is 3.56. The van der Waals surface area contributed by atoms with Crippen molar-refractivity contribution in [3.05, 3.63) is 22.2 Å². The minimum atomic E-state index is 0.503. The Labute approximate surface area is 103 Å². The number of rotatable bonds is 4. The molecule has 6 heteroatoms. The molecule has 1 aromatic carbocycles. The Kier molecular flexibility index (Phi) is 3.63. The third-order valence-electron chi connectivity index (χ3n) is 2.38. The van der Waals surface area contributed by atoms with Crippen LogP contribution in [0.5, 0.6) is 0 Å². The molecule has 1 aromatic heterocycles. The third-order valence-corrected chi connectivity index (χ3v) is 3.10. The summed E-state index contributed by atoms with van der Waals surface area (Å²) in [7, 11) is 0. The van der Waals surface area contributed by atoms with E-state index in [1.807, 2.05) is 4.68 Å². The van der Waals surface area contributed by atoms with Gasteiger partial charge in [-0.3, -0.25) is 0 Å². The molecule has 0 radical (unpaired) electrons. The summed E-state index contributed by atoms with van der Waals surface area (Å²) in [6, 6.07) is 3.52. The molecule has 0 fully saturated rings. The molecule has 0 unspecified atom stereocenters. The fourth-order valence-corrected chi connectivity index (χ4v) is 1.85. The van der Waals surface area contributed by atoms with E-state index in [9.17, 15) is 0 Å². The van der Waals surface area contributed by atoms with Crippen molar-refractivity contribution < 1.29 is 0 Å². The fourth-order valence-electron chi connectivity index (χ4n) is 1.53. The first-order chi connectivity index (χ1) is 7.72. The molecule has 0 bridgehead atoms. The van der Waals surface area contributed by atoms with Crippen LogP contribution >= 0.6 is 23.2 Å². The summed E-state index contributed by atoms with van der Waals surface area (Å²) < 4.78 is 1.83. The molecule has 0 aliphatic rings. The Morgan fingerprint density at radius 3 is 2.69 bits per heavy atom. The molecule has 0 saturated carbocycles. The van der Waals surface area contributed by atoms with Gasteiger partial charge in [0.2, 0.25) is 0 Å². The van der Waals surface area contributed by atoms with Gasteiger partial charge in [0, 0.05) is 6.54 Å². The van der Waals surface area contributed by atoms with Crippen LogP contribution in [0.15, 0.2) is 12.1 Å². The van der Waals surface area contributed by atoms with Gasteiger partial charge < -0.3 is 5.73 Å². The normalized spacial score (nSPS) is 11.2. The van der Waals surface area contributed by atoms with Crippen molar-refractivity contribution in [1.82, 2.24) is 15.0 Å². The Bertz CT molecular complexity index is 495. The lowest BCUT2D eigenvalue weighted by atomic mass is 10.3. The summed E-state index contributed by atoms with van der Waals surface area (Å²) in [5.74, 6) is 0. The molecule has 1 heterocycles. The van der Waals surface area contributed by atoms with Gasteiger partial charge in [0.1, 0.15) is 5.52 Å². The van der Waals surface area contributed by atoms with Crippen LogP contribution in [-0.2, 0) is 6.54 Å². The molecule has 0 saturated heterocycles. The first-order valence-electron chi connectivity index (χ1n) is 5.10. The zero-order valence-corrected chi connectivity index (χ0v) is 10.2. The summed E-state index contributed by atoms with van der Waals surface area (Å²) >= 11 is 11.9. The predicted molar refractivity (Wildman–Crippen MR) is 65.8 cm³/mol. The molecule has 4 nitrogen and oxygen atoms in total. The topological polar surface area (TPSA) is 56.7 Å². The summed E-state index contributed by atoms with van der Waals surface area (Å²) in [6.07, 6.45) is 1.96. The third kappa shape index (κ3) is 2.29. The monoisotopic (exact) mass is 258 g/mol. The first kappa shape index (κ1) is 11.6. The van der Waals surface area contributed by atoms with Gasteiger partial charge >= 0.3 is 0 Å². The molecule has 0 atom stereocenters. The van der Waals surface area contributed by atoms with Crippen molar-refractivity contribution in [3.63, 3.8) is 0 Å². The lowest BCUT2D eigenvalue weighted by Crippen LogP contribution is -2.04. The van der Waals surface area contributed by atoms with Gasteiger partial charge in [-0.2, -0.15) is 0 Å². The number of hydrogen-bond acceptors (Lipinski definition) is 3. The van der Waals surface area contributed by atoms with E-state index in [0.29, 0.717) is 16.6 Å². The van der Waals surface area contributed by atoms with E-state index in [2.05, 4.69) is 10.3 Å². The molecule has 0 aliphatic heterocycles. The van der Waals surface area contributed by atoms with Crippen LogP contribution in [0.3, 0.4) is 0 Å². The lowest BCUT2D eigenvalue weighted by Gasteiger charge is -2.01. The van der Waals surface area contributed by atoms with E-state index in [1.54, 1.807) is 12.1 Å². The number of aromatic nitrogens is 3. The van der Waals surface area contributed by atoms with Gasteiger partial charge in [-0.25, -0.2) is 4.68 Å². The zero-order chi connectivity index (χ0) is 11.5. The summed E-state index contributed by atoms with van der Waals surface area (Å²) in [5.41, 5.74) is 7.12. The molecule has 0 aliphatic carbocycles. The SMILES string of the molecule is NCCCCn1nnc2cc(Cl)c(Cl)cc21. The molecule has 0 amide bonds. The average molecular weight is 259 g/mol. The Morgan fingerprint density at radius 2 is 1.94 bits per heavy atom. The molecule has 16 heavy (non-hydrogen) atoms. The molecule has 2 N–H and O–H groups in total. The van der Waals surface area contributed by atoms with Crippen LogP contribution < -0.4 is 5.73 Å². The van der Waals surface area contributed by atoms with Crippen LogP contribution in [-0.4, -0.2) is 21.5 Å². The van der Waals surface area contributed by atoms with Crippen LogP contribution in [0.4, 0.5) is 0 Å². The minimum absolute atomic E-state index is 0.503. The van der Waals surface area contributed by atoms with E-state index in [-0.39, 0.29) is 0 Å². The minimum Gasteiger partial charge on any atom is -0.330 e. The van der Waals surface area contributed by atoms with Crippen LogP contribution in [0.2, 0.25) is 10.0 Å². The highest BCUT2D eigenvalue weighted by Crippen LogP contribution is 2.26. The molecular formula is C10H12Cl2N4.